The van der Waals surface area contributed by atoms with Crippen molar-refractivity contribution in [2.24, 2.45) is 0 Å². The number of hydrogen-bond acceptors (Lipinski definition) is 3. The van der Waals surface area contributed by atoms with Crippen molar-refractivity contribution in [1.29, 1.82) is 0 Å². The van der Waals surface area contributed by atoms with Crippen molar-refractivity contribution in [1.82, 2.24) is 9.47 Å². The smallest absolute Gasteiger partial charge is 0.208 e. The lowest BCUT2D eigenvalue weighted by Crippen LogP contribution is -2.18. The SMILES string of the molecule is CN(C)CCn1cc(S(=O)(=O)c2ccccc2)c2ccc(F)cc21. The van der Waals surface area contributed by atoms with Crippen LogP contribution in [0.1, 0.15) is 0 Å². The van der Waals surface area contributed by atoms with Crippen LogP contribution in [0.15, 0.2) is 64.5 Å². The highest BCUT2D eigenvalue weighted by molar-refractivity contribution is 7.91. The third-order valence-electron chi connectivity index (χ3n) is 3.94. The van der Waals surface area contributed by atoms with E-state index in [1.165, 1.54) is 18.2 Å². The predicted molar refractivity (Wildman–Crippen MR) is 92.3 cm³/mol. The molecule has 0 aliphatic rings. The topological polar surface area (TPSA) is 42.3 Å². The third-order valence-corrected chi connectivity index (χ3v) is 5.74. The molecule has 0 saturated carbocycles. The molecule has 0 saturated heterocycles. The van der Waals surface area contributed by atoms with Crippen LogP contribution in [0.3, 0.4) is 0 Å². The molecule has 0 unspecified atom stereocenters. The van der Waals surface area contributed by atoms with Crippen LogP contribution in [0.25, 0.3) is 10.9 Å². The first-order valence-electron chi connectivity index (χ1n) is 7.63. The highest BCUT2D eigenvalue weighted by atomic mass is 32.2. The summed E-state index contributed by atoms with van der Waals surface area (Å²) in [6, 6.07) is 12.5. The Morgan fingerprint density at radius 3 is 2.46 bits per heavy atom. The molecule has 2 aromatic carbocycles. The Morgan fingerprint density at radius 2 is 1.79 bits per heavy atom. The summed E-state index contributed by atoms with van der Waals surface area (Å²) in [5.41, 5.74) is 0.589. The molecule has 4 nitrogen and oxygen atoms in total. The third kappa shape index (κ3) is 3.07. The van der Waals surface area contributed by atoms with E-state index in [1.54, 1.807) is 41.1 Å². The van der Waals surface area contributed by atoms with Crippen molar-refractivity contribution in [2.45, 2.75) is 16.3 Å². The summed E-state index contributed by atoms with van der Waals surface area (Å²) in [7, 11) is 0.224. The van der Waals surface area contributed by atoms with E-state index >= 15 is 0 Å². The molecular formula is C18H19FN2O2S. The van der Waals surface area contributed by atoms with Gasteiger partial charge < -0.3 is 9.47 Å². The second-order valence-electron chi connectivity index (χ2n) is 5.97. The maximum Gasteiger partial charge on any atom is 0.208 e. The van der Waals surface area contributed by atoms with Crippen LogP contribution in [0.4, 0.5) is 4.39 Å². The first kappa shape index (κ1) is 16.7. The summed E-state index contributed by atoms with van der Waals surface area (Å²) >= 11 is 0. The molecule has 6 heteroatoms. The maximum atomic E-state index is 13.7. The maximum absolute atomic E-state index is 13.7. The van der Waals surface area contributed by atoms with E-state index < -0.39 is 9.84 Å². The van der Waals surface area contributed by atoms with Gasteiger partial charge >= 0.3 is 0 Å². The Bertz CT molecular complexity index is 963. The van der Waals surface area contributed by atoms with Gasteiger partial charge in [0.1, 0.15) is 5.82 Å². The van der Waals surface area contributed by atoms with Gasteiger partial charge in [-0.3, -0.25) is 0 Å². The lowest BCUT2D eigenvalue weighted by atomic mass is 10.2. The minimum absolute atomic E-state index is 0.211. The van der Waals surface area contributed by atoms with E-state index in [4.69, 9.17) is 0 Å². The minimum Gasteiger partial charge on any atom is -0.345 e. The van der Waals surface area contributed by atoms with Crippen molar-refractivity contribution < 1.29 is 12.8 Å². The number of rotatable bonds is 5. The van der Waals surface area contributed by atoms with Gasteiger partial charge in [0.25, 0.3) is 0 Å². The summed E-state index contributed by atoms with van der Waals surface area (Å²) in [6.07, 6.45) is 1.61. The number of aromatic nitrogens is 1. The fourth-order valence-electron chi connectivity index (χ4n) is 2.66. The average molecular weight is 346 g/mol. The summed E-state index contributed by atoms with van der Waals surface area (Å²) < 4.78 is 41.4. The Balaban J connectivity index is 2.18. The molecule has 0 N–H and O–H groups in total. The fourth-order valence-corrected chi connectivity index (χ4v) is 4.16. The molecule has 0 atom stereocenters. The van der Waals surface area contributed by atoms with Crippen molar-refractivity contribution >= 4 is 20.7 Å². The molecular weight excluding hydrogens is 327 g/mol. The highest BCUT2D eigenvalue weighted by Crippen LogP contribution is 2.30. The number of nitrogens with zero attached hydrogens (tertiary/aromatic N) is 2. The zero-order valence-corrected chi connectivity index (χ0v) is 14.4. The first-order chi connectivity index (χ1) is 11.4. The quantitative estimate of drug-likeness (QED) is 0.713. The summed E-state index contributed by atoms with van der Waals surface area (Å²) in [4.78, 5) is 2.44. The summed E-state index contributed by atoms with van der Waals surface area (Å²) in [5.74, 6) is -0.379. The van der Waals surface area contributed by atoms with Crippen LogP contribution in [0, 0.1) is 5.82 Å². The van der Waals surface area contributed by atoms with Crippen molar-refractivity contribution in [3.63, 3.8) is 0 Å². The van der Waals surface area contributed by atoms with Crippen LogP contribution in [-0.2, 0) is 16.4 Å². The molecule has 24 heavy (non-hydrogen) atoms. The Kier molecular flexibility index (Phi) is 4.43. The Labute approximate surface area is 141 Å². The van der Waals surface area contributed by atoms with E-state index in [9.17, 15) is 12.8 Å². The van der Waals surface area contributed by atoms with E-state index in [-0.39, 0.29) is 15.6 Å². The van der Waals surface area contributed by atoms with Gasteiger partial charge in [-0.2, -0.15) is 0 Å². The minimum atomic E-state index is -3.65. The van der Waals surface area contributed by atoms with E-state index in [2.05, 4.69) is 0 Å². The van der Waals surface area contributed by atoms with Gasteiger partial charge in [0, 0.05) is 24.7 Å². The number of likely N-dealkylation sites (N-methyl/N-ethyl adjacent to an activating group) is 1. The Morgan fingerprint density at radius 1 is 1.08 bits per heavy atom. The second kappa shape index (κ2) is 6.37. The zero-order valence-electron chi connectivity index (χ0n) is 13.6. The monoisotopic (exact) mass is 346 g/mol. The average Bonchev–Trinajstić information content (AvgIpc) is 2.92. The normalized spacial score (nSPS) is 12.2. The van der Waals surface area contributed by atoms with Gasteiger partial charge in [-0.05, 0) is 44.4 Å². The van der Waals surface area contributed by atoms with Crippen molar-refractivity contribution in [3.05, 3.63) is 60.5 Å². The van der Waals surface area contributed by atoms with Crippen LogP contribution >= 0.6 is 0 Å². The molecule has 0 amide bonds. The van der Waals surface area contributed by atoms with Crippen LogP contribution < -0.4 is 0 Å². The van der Waals surface area contributed by atoms with Gasteiger partial charge in [-0.25, -0.2) is 12.8 Å². The first-order valence-corrected chi connectivity index (χ1v) is 9.11. The fraction of sp³-hybridized carbons (Fsp3) is 0.222. The number of benzene rings is 2. The number of sulfone groups is 1. The highest BCUT2D eigenvalue weighted by Gasteiger charge is 2.23. The summed E-state index contributed by atoms with van der Waals surface area (Å²) in [5, 5.41) is 0.541. The number of fused-ring (bicyclic) bond motifs is 1. The van der Waals surface area contributed by atoms with E-state index in [0.717, 1.165) is 6.54 Å². The van der Waals surface area contributed by atoms with Crippen LogP contribution in [-0.4, -0.2) is 38.5 Å². The van der Waals surface area contributed by atoms with Gasteiger partial charge in [0.2, 0.25) is 9.84 Å². The van der Waals surface area contributed by atoms with Gasteiger partial charge in [-0.15, -0.1) is 0 Å². The molecule has 3 aromatic rings. The lowest BCUT2D eigenvalue weighted by molar-refractivity contribution is 0.386. The van der Waals surface area contributed by atoms with Gasteiger partial charge in [-0.1, -0.05) is 18.2 Å². The molecule has 0 bridgehead atoms. The molecule has 1 heterocycles. The zero-order chi connectivity index (χ0) is 17.3. The van der Waals surface area contributed by atoms with Gasteiger partial charge in [0.15, 0.2) is 0 Å². The molecule has 1 aromatic heterocycles. The van der Waals surface area contributed by atoms with Crippen LogP contribution in [0.5, 0.6) is 0 Å². The number of halogens is 1. The van der Waals surface area contributed by atoms with Crippen molar-refractivity contribution in [2.75, 3.05) is 20.6 Å². The lowest BCUT2D eigenvalue weighted by Gasteiger charge is -2.11. The molecule has 0 aliphatic heterocycles. The molecule has 0 fully saturated rings. The van der Waals surface area contributed by atoms with E-state index in [1.807, 2.05) is 19.0 Å². The number of hydrogen-bond donors (Lipinski definition) is 0. The van der Waals surface area contributed by atoms with Crippen molar-refractivity contribution in [3.8, 4) is 0 Å². The Hall–Kier alpha value is -2.18. The standard InChI is InChI=1S/C18H19FN2O2S/c1-20(2)10-11-21-13-18(16-9-8-14(19)12-17(16)21)24(22,23)15-6-4-3-5-7-15/h3-9,12-13H,10-11H2,1-2H3. The summed E-state index contributed by atoms with van der Waals surface area (Å²) in [6.45, 7) is 1.31. The predicted octanol–water partition coefficient (Wildman–Crippen LogP) is 3.17. The molecule has 3 rings (SSSR count). The largest absolute Gasteiger partial charge is 0.345 e. The van der Waals surface area contributed by atoms with E-state index in [0.29, 0.717) is 17.4 Å². The van der Waals surface area contributed by atoms with Crippen LogP contribution in [0.2, 0.25) is 0 Å². The molecule has 126 valence electrons. The second-order valence-corrected chi connectivity index (χ2v) is 7.89. The molecule has 0 spiro atoms. The van der Waals surface area contributed by atoms with Gasteiger partial charge in [0.05, 0.1) is 15.3 Å². The molecule has 0 radical (unpaired) electrons. The molecule has 0 aliphatic carbocycles.